The lowest BCUT2D eigenvalue weighted by Gasteiger charge is -2.32. The van der Waals surface area contributed by atoms with Gasteiger partial charge in [0.2, 0.25) is 0 Å². The van der Waals surface area contributed by atoms with E-state index in [2.05, 4.69) is 14.0 Å². The van der Waals surface area contributed by atoms with Crippen LogP contribution in [0.1, 0.15) is 5.69 Å². The van der Waals surface area contributed by atoms with Crippen molar-refractivity contribution >= 4 is 15.2 Å². The van der Waals surface area contributed by atoms with Crippen molar-refractivity contribution in [3.63, 3.8) is 0 Å². The molecule has 10 heteroatoms. The molecule has 0 aromatic carbocycles. The fraction of sp³-hybridized carbons (Fsp3) is 0.444. The maximum absolute atomic E-state index is 12.2. The van der Waals surface area contributed by atoms with Crippen LogP contribution in [0.2, 0.25) is 0 Å². The fourth-order valence-corrected chi connectivity index (χ4v) is 4.70. The van der Waals surface area contributed by atoms with E-state index >= 15 is 0 Å². The molecule has 3 N–H and O–H groups in total. The summed E-state index contributed by atoms with van der Waals surface area (Å²) < 4.78 is 32.7. The number of hydrogen-bond donors (Lipinski definition) is 3. The van der Waals surface area contributed by atoms with Gasteiger partial charge in [-0.05, 0) is 12.1 Å². The van der Waals surface area contributed by atoms with Crippen molar-refractivity contribution in [3.8, 4) is 0 Å². The summed E-state index contributed by atoms with van der Waals surface area (Å²) in [4.78, 5) is 22.4. The zero-order valence-electron chi connectivity index (χ0n) is 10.3. The Kier molecular flexibility index (Phi) is 5.03. The highest BCUT2D eigenvalue weighted by molar-refractivity contribution is 7.72. The molecule has 1 aromatic rings. The monoisotopic (exact) mass is 311 g/mol. The molecule has 0 radical (unpaired) electrons. The molecule has 0 aliphatic carbocycles. The Labute approximate surface area is 110 Å². The summed E-state index contributed by atoms with van der Waals surface area (Å²) in [5, 5.41) is 7.22. The van der Waals surface area contributed by atoms with E-state index in [1.807, 2.05) is 0 Å². The zero-order chi connectivity index (χ0) is 14.7. The second-order valence-corrected chi connectivity index (χ2v) is 8.32. The summed E-state index contributed by atoms with van der Waals surface area (Å²) in [5.41, 5.74) is 0.141. The average molecular weight is 311 g/mol. The Morgan fingerprint density at radius 3 is 2.21 bits per heavy atom. The molecule has 0 amide bonds. The van der Waals surface area contributed by atoms with Crippen LogP contribution in [0.4, 0.5) is 0 Å². The Morgan fingerprint density at radius 1 is 1.26 bits per heavy atom. The minimum atomic E-state index is -5.21. The minimum absolute atomic E-state index is 0.141. The fourth-order valence-electron chi connectivity index (χ4n) is 1.47. The first-order valence-corrected chi connectivity index (χ1v) is 8.25. The summed E-state index contributed by atoms with van der Waals surface area (Å²) >= 11 is 0. The number of hydrogen-bond acceptors (Lipinski definition) is 6. The standard InChI is InChI=1S/C9H15NO7P2/c1-16-19(15,17-2)9(11,18(12,13)14)7-8-5-3-4-6-10-8/h3-6,11H,7H2,1-2H3,(H2,12,13,14). The molecule has 1 unspecified atom stereocenters. The van der Waals surface area contributed by atoms with Crippen molar-refractivity contribution in [3.05, 3.63) is 30.1 Å². The van der Waals surface area contributed by atoms with Gasteiger partial charge in [0.1, 0.15) is 0 Å². The van der Waals surface area contributed by atoms with E-state index in [0.717, 1.165) is 14.2 Å². The molecule has 19 heavy (non-hydrogen) atoms. The number of rotatable bonds is 6. The maximum Gasteiger partial charge on any atom is 0.374 e. The van der Waals surface area contributed by atoms with Crippen LogP contribution in [-0.4, -0.2) is 39.2 Å². The Hall–Kier alpha value is -0.590. The number of pyridine rings is 1. The largest absolute Gasteiger partial charge is 0.374 e. The Morgan fingerprint density at radius 2 is 1.84 bits per heavy atom. The van der Waals surface area contributed by atoms with Crippen LogP contribution in [0.3, 0.4) is 0 Å². The van der Waals surface area contributed by atoms with Gasteiger partial charge in [0.05, 0.1) is 0 Å². The molecule has 1 atom stereocenters. The highest BCUT2D eigenvalue weighted by Gasteiger charge is 2.61. The van der Waals surface area contributed by atoms with Gasteiger partial charge >= 0.3 is 15.2 Å². The molecular formula is C9H15NO7P2. The van der Waals surface area contributed by atoms with Gasteiger partial charge < -0.3 is 23.9 Å². The molecule has 108 valence electrons. The minimum Gasteiger partial charge on any atom is -0.367 e. The highest BCUT2D eigenvalue weighted by atomic mass is 31.2. The third kappa shape index (κ3) is 3.12. The van der Waals surface area contributed by atoms with Crippen LogP contribution in [0, 0.1) is 0 Å². The van der Waals surface area contributed by atoms with E-state index in [9.17, 15) is 24.0 Å². The molecule has 0 bridgehead atoms. The van der Waals surface area contributed by atoms with Gasteiger partial charge in [0.15, 0.2) is 0 Å². The van der Waals surface area contributed by atoms with E-state index in [0.29, 0.717) is 0 Å². The molecule has 1 aromatic heterocycles. The normalized spacial score (nSPS) is 16.1. The van der Waals surface area contributed by atoms with Crippen molar-refractivity contribution in [1.82, 2.24) is 4.98 Å². The van der Waals surface area contributed by atoms with Crippen LogP contribution in [0.5, 0.6) is 0 Å². The van der Waals surface area contributed by atoms with Gasteiger partial charge in [0, 0.05) is 32.5 Å². The number of aromatic nitrogens is 1. The van der Waals surface area contributed by atoms with Gasteiger partial charge in [-0.15, -0.1) is 0 Å². The molecular weight excluding hydrogens is 296 g/mol. The van der Waals surface area contributed by atoms with E-state index in [4.69, 9.17) is 0 Å². The third-order valence-electron chi connectivity index (χ3n) is 2.53. The lowest BCUT2D eigenvalue weighted by Crippen LogP contribution is -2.33. The molecule has 0 saturated heterocycles. The summed E-state index contributed by atoms with van der Waals surface area (Å²) in [6.07, 6.45) is 0.705. The van der Waals surface area contributed by atoms with Gasteiger partial charge in [-0.2, -0.15) is 0 Å². The van der Waals surface area contributed by atoms with Crippen LogP contribution in [0.25, 0.3) is 0 Å². The summed E-state index contributed by atoms with van der Waals surface area (Å²) in [7, 11) is -7.78. The van der Waals surface area contributed by atoms with Crippen molar-refractivity contribution in [2.75, 3.05) is 14.2 Å². The predicted molar refractivity (Wildman–Crippen MR) is 66.6 cm³/mol. The van der Waals surface area contributed by atoms with Gasteiger partial charge in [-0.25, -0.2) is 0 Å². The van der Waals surface area contributed by atoms with Crippen molar-refractivity contribution < 1.29 is 33.1 Å². The average Bonchev–Trinajstić information content (AvgIpc) is 2.37. The lowest BCUT2D eigenvalue weighted by atomic mass is 10.3. The van der Waals surface area contributed by atoms with E-state index < -0.39 is 26.7 Å². The first kappa shape index (κ1) is 16.5. The molecule has 0 fully saturated rings. The topological polar surface area (TPSA) is 126 Å². The van der Waals surface area contributed by atoms with E-state index in [-0.39, 0.29) is 5.69 Å². The quantitative estimate of drug-likeness (QED) is 0.662. The smallest absolute Gasteiger partial charge is 0.367 e. The van der Waals surface area contributed by atoms with Crippen molar-refractivity contribution in [1.29, 1.82) is 0 Å². The van der Waals surface area contributed by atoms with Gasteiger partial charge in [-0.1, -0.05) is 6.07 Å². The third-order valence-corrected chi connectivity index (χ3v) is 7.13. The van der Waals surface area contributed by atoms with Crippen LogP contribution >= 0.6 is 15.2 Å². The number of nitrogens with zero attached hydrogens (tertiary/aromatic N) is 1. The first-order valence-electron chi connectivity index (χ1n) is 5.10. The molecule has 0 saturated carbocycles. The molecule has 8 nitrogen and oxygen atoms in total. The van der Waals surface area contributed by atoms with Crippen LogP contribution in [0.15, 0.2) is 24.4 Å². The highest BCUT2D eigenvalue weighted by Crippen LogP contribution is 2.72. The second-order valence-electron chi connectivity index (χ2n) is 3.68. The predicted octanol–water partition coefficient (Wildman–Crippen LogP) is 0.934. The molecule has 0 aliphatic heterocycles. The van der Waals surface area contributed by atoms with E-state index in [1.165, 1.54) is 12.3 Å². The lowest BCUT2D eigenvalue weighted by molar-refractivity contribution is 0.115. The number of aliphatic hydroxyl groups is 1. The van der Waals surface area contributed by atoms with E-state index in [1.54, 1.807) is 12.1 Å². The maximum atomic E-state index is 12.2. The second kappa shape index (κ2) is 5.81. The van der Waals surface area contributed by atoms with Crippen molar-refractivity contribution in [2.24, 2.45) is 0 Å². The van der Waals surface area contributed by atoms with Crippen LogP contribution in [-0.2, 0) is 24.6 Å². The summed E-state index contributed by atoms with van der Waals surface area (Å²) in [6, 6.07) is 4.58. The Bertz CT molecular complexity index is 509. The van der Waals surface area contributed by atoms with Gasteiger partial charge in [-0.3, -0.25) is 14.1 Å². The van der Waals surface area contributed by atoms with Crippen LogP contribution < -0.4 is 0 Å². The summed E-state index contributed by atoms with van der Waals surface area (Å²) in [6.45, 7) is 0. The van der Waals surface area contributed by atoms with Gasteiger partial charge in [0.25, 0.3) is 5.08 Å². The zero-order valence-corrected chi connectivity index (χ0v) is 12.1. The molecule has 0 aliphatic rings. The first-order chi connectivity index (χ1) is 8.70. The summed E-state index contributed by atoms with van der Waals surface area (Å²) in [5.74, 6) is 0. The molecule has 1 heterocycles. The van der Waals surface area contributed by atoms with Crippen molar-refractivity contribution in [2.45, 2.75) is 11.5 Å². The molecule has 0 spiro atoms. The SMILES string of the molecule is COP(=O)(OC)C(O)(Cc1ccccn1)P(=O)(O)O. The molecule has 1 rings (SSSR count). The Balaban J connectivity index is 3.30.